The summed E-state index contributed by atoms with van der Waals surface area (Å²) in [5.74, 6) is -0.762. The van der Waals surface area contributed by atoms with E-state index in [4.69, 9.17) is 16.3 Å². The fourth-order valence-electron chi connectivity index (χ4n) is 1.82. The van der Waals surface area contributed by atoms with E-state index in [0.29, 0.717) is 5.92 Å². The van der Waals surface area contributed by atoms with Crippen LogP contribution in [-0.4, -0.2) is 23.4 Å². The fraction of sp³-hybridized carbons (Fsp3) is 0.385. The van der Waals surface area contributed by atoms with Crippen LogP contribution < -0.4 is 5.32 Å². The average molecular weight is 313 g/mol. The summed E-state index contributed by atoms with van der Waals surface area (Å²) in [6, 6.07) is 3.89. The molecular weight excluding hydrogens is 300 g/mol. The molecule has 7 nitrogen and oxygen atoms in total. The molecular formula is C13H13ClN2O5. The Kier molecular flexibility index (Phi) is 4.42. The Morgan fingerprint density at radius 3 is 2.76 bits per heavy atom. The smallest absolute Gasteiger partial charge is 0.309 e. The molecule has 1 N–H and O–H groups in total. The molecule has 8 heteroatoms. The highest BCUT2D eigenvalue weighted by Crippen LogP contribution is 2.38. The number of nitro benzene ring substituents is 1. The first-order valence-electron chi connectivity index (χ1n) is 6.29. The van der Waals surface area contributed by atoms with Gasteiger partial charge in [-0.2, -0.15) is 0 Å². The highest BCUT2D eigenvalue weighted by atomic mass is 35.5. The number of benzene rings is 1. The number of hydrogen-bond acceptors (Lipinski definition) is 5. The second-order valence-corrected chi connectivity index (χ2v) is 5.31. The van der Waals surface area contributed by atoms with Gasteiger partial charge in [0.05, 0.1) is 10.8 Å². The highest BCUT2D eigenvalue weighted by Gasteiger charge is 2.40. The first-order chi connectivity index (χ1) is 9.88. The number of nitro groups is 1. The molecule has 1 aromatic rings. The van der Waals surface area contributed by atoms with Crippen LogP contribution in [0.1, 0.15) is 13.3 Å². The topological polar surface area (TPSA) is 98.5 Å². The van der Waals surface area contributed by atoms with Crippen LogP contribution in [0.15, 0.2) is 18.2 Å². The minimum Gasteiger partial charge on any atom is -0.455 e. The Hall–Kier alpha value is -2.15. The maximum Gasteiger partial charge on any atom is 0.309 e. The van der Waals surface area contributed by atoms with E-state index in [1.54, 1.807) is 0 Å². The van der Waals surface area contributed by atoms with Gasteiger partial charge >= 0.3 is 5.97 Å². The van der Waals surface area contributed by atoms with E-state index in [0.717, 1.165) is 12.5 Å². The van der Waals surface area contributed by atoms with Gasteiger partial charge in [0.15, 0.2) is 6.61 Å². The van der Waals surface area contributed by atoms with Crippen molar-refractivity contribution in [3.05, 3.63) is 33.3 Å². The molecule has 0 unspecified atom stereocenters. The molecule has 1 aromatic carbocycles. The lowest BCUT2D eigenvalue weighted by Crippen LogP contribution is -2.21. The molecule has 0 bridgehead atoms. The van der Waals surface area contributed by atoms with Crippen LogP contribution >= 0.6 is 11.6 Å². The quantitative estimate of drug-likeness (QED) is 0.511. The summed E-state index contributed by atoms with van der Waals surface area (Å²) in [6.45, 7) is 1.51. The summed E-state index contributed by atoms with van der Waals surface area (Å²) >= 11 is 5.66. The summed E-state index contributed by atoms with van der Waals surface area (Å²) < 4.78 is 4.86. The van der Waals surface area contributed by atoms with E-state index in [-0.39, 0.29) is 28.3 Å². The molecule has 0 saturated heterocycles. The van der Waals surface area contributed by atoms with Crippen LogP contribution in [0.25, 0.3) is 0 Å². The van der Waals surface area contributed by atoms with Gasteiger partial charge in [0, 0.05) is 11.8 Å². The van der Waals surface area contributed by atoms with Crippen LogP contribution in [0.3, 0.4) is 0 Å². The van der Waals surface area contributed by atoms with Crippen molar-refractivity contribution in [2.75, 3.05) is 11.9 Å². The van der Waals surface area contributed by atoms with Crippen LogP contribution in [-0.2, 0) is 14.3 Å². The number of ether oxygens (including phenoxy) is 1. The summed E-state index contributed by atoms with van der Waals surface area (Å²) in [5, 5.41) is 13.1. The van der Waals surface area contributed by atoms with Gasteiger partial charge in [0.25, 0.3) is 11.6 Å². The fourth-order valence-corrected chi connectivity index (χ4v) is 2.01. The lowest BCUT2D eigenvalue weighted by molar-refractivity contribution is -0.384. The largest absolute Gasteiger partial charge is 0.455 e. The van der Waals surface area contributed by atoms with Crippen LogP contribution in [0, 0.1) is 22.0 Å². The second kappa shape index (κ2) is 6.09. The zero-order valence-corrected chi connectivity index (χ0v) is 11.9. The first kappa shape index (κ1) is 15.2. The molecule has 0 radical (unpaired) electrons. The van der Waals surface area contributed by atoms with E-state index in [1.807, 2.05) is 6.92 Å². The predicted molar refractivity (Wildman–Crippen MR) is 75.0 cm³/mol. The molecule has 0 aromatic heterocycles. The standard InChI is InChI=1S/C13H13ClN2O5/c1-7-4-9(7)13(18)21-6-12(17)15-8-2-3-10(14)11(5-8)16(19)20/h2-3,5,7,9H,4,6H2,1H3,(H,15,17)/t7-,9+/m0/s1. The van der Waals surface area contributed by atoms with Crippen molar-refractivity contribution in [2.45, 2.75) is 13.3 Å². The van der Waals surface area contributed by atoms with Crippen molar-refractivity contribution < 1.29 is 19.2 Å². The maximum atomic E-state index is 11.6. The number of esters is 1. The molecule has 112 valence electrons. The van der Waals surface area contributed by atoms with Gasteiger partial charge < -0.3 is 10.1 Å². The van der Waals surface area contributed by atoms with Gasteiger partial charge in [-0.05, 0) is 24.5 Å². The van der Waals surface area contributed by atoms with Gasteiger partial charge in [0.2, 0.25) is 0 Å². The van der Waals surface area contributed by atoms with E-state index in [2.05, 4.69) is 5.32 Å². The van der Waals surface area contributed by atoms with Crippen molar-refractivity contribution in [1.29, 1.82) is 0 Å². The number of rotatable bonds is 5. The molecule has 1 saturated carbocycles. The Morgan fingerprint density at radius 2 is 2.19 bits per heavy atom. The number of hydrogen-bond donors (Lipinski definition) is 1. The Balaban J connectivity index is 1.89. The minimum absolute atomic E-state index is 0.0212. The Labute approximate surface area is 125 Å². The maximum absolute atomic E-state index is 11.6. The zero-order chi connectivity index (χ0) is 15.6. The highest BCUT2D eigenvalue weighted by molar-refractivity contribution is 6.32. The van der Waals surface area contributed by atoms with Gasteiger partial charge in [-0.25, -0.2) is 0 Å². The van der Waals surface area contributed by atoms with E-state index in [1.165, 1.54) is 12.1 Å². The number of carbonyl (C=O) groups excluding carboxylic acids is 2. The van der Waals surface area contributed by atoms with Crippen molar-refractivity contribution >= 4 is 34.9 Å². The van der Waals surface area contributed by atoms with Gasteiger partial charge in [0.1, 0.15) is 5.02 Å². The number of nitrogens with zero attached hydrogens (tertiary/aromatic N) is 1. The van der Waals surface area contributed by atoms with Crippen molar-refractivity contribution in [2.24, 2.45) is 11.8 Å². The molecule has 2 rings (SSSR count). The molecule has 0 aliphatic heterocycles. The Bertz CT molecular complexity index is 604. The molecule has 0 spiro atoms. The van der Waals surface area contributed by atoms with Crippen LogP contribution in [0.5, 0.6) is 0 Å². The predicted octanol–water partition coefficient (Wildman–Crippen LogP) is 2.39. The third kappa shape index (κ3) is 3.91. The third-order valence-electron chi connectivity index (χ3n) is 3.18. The SMILES string of the molecule is C[C@H]1C[C@H]1C(=O)OCC(=O)Nc1ccc(Cl)c([N+](=O)[O-])c1. The third-order valence-corrected chi connectivity index (χ3v) is 3.50. The number of halogens is 1. The number of nitrogens with one attached hydrogen (secondary N) is 1. The molecule has 1 aliphatic rings. The molecule has 1 fully saturated rings. The van der Waals surface area contributed by atoms with Gasteiger partial charge in [-0.1, -0.05) is 18.5 Å². The molecule has 2 atom stereocenters. The zero-order valence-electron chi connectivity index (χ0n) is 11.2. The lowest BCUT2D eigenvalue weighted by atomic mass is 10.3. The van der Waals surface area contributed by atoms with Crippen molar-refractivity contribution in [3.8, 4) is 0 Å². The van der Waals surface area contributed by atoms with Crippen molar-refractivity contribution in [3.63, 3.8) is 0 Å². The number of carbonyl (C=O) groups is 2. The first-order valence-corrected chi connectivity index (χ1v) is 6.66. The lowest BCUT2D eigenvalue weighted by Gasteiger charge is -2.06. The summed E-state index contributed by atoms with van der Waals surface area (Å²) in [7, 11) is 0. The second-order valence-electron chi connectivity index (χ2n) is 4.90. The molecule has 1 aliphatic carbocycles. The van der Waals surface area contributed by atoms with E-state index >= 15 is 0 Å². The molecule has 0 heterocycles. The van der Waals surface area contributed by atoms with E-state index in [9.17, 15) is 19.7 Å². The monoisotopic (exact) mass is 312 g/mol. The molecule has 1 amide bonds. The van der Waals surface area contributed by atoms with E-state index < -0.39 is 17.4 Å². The Morgan fingerprint density at radius 1 is 1.52 bits per heavy atom. The number of anilines is 1. The van der Waals surface area contributed by atoms with Crippen LogP contribution in [0.2, 0.25) is 5.02 Å². The average Bonchev–Trinajstić information content (AvgIpc) is 3.15. The summed E-state index contributed by atoms with van der Waals surface area (Å²) in [5.41, 5.74) is -0.0924. The van der Waals surface area contributed by atoms with Gasteiger partial charge in [-0.3, -0.25) is 19.7 Å². The van der Waals surface area contributed by atoms with Gasteiger partial charge in [-0.15, -0.1) is 0 Å². The number of amides is 1. The normalized spacial score (nSPS) is 19.7. The minimum atomic E-state index is -0.646. The van der Waals surface area contributed by atoms with Crippen molar-refractivity contribution in [1.82, 2.24) is 0 Å². The molecule has 21 heavy (non-hydrogen) atoms. The van der Waals surface area contributed by atoms with Crippen LogP contribution in [0.4, 0.5) is 11.4 Å². The summed E-state index contributed by atoms with van der Waals surface area (Å²) in [6.07, 6.45) is 0.782. The summed E-state index contributed by atoms with van der Waals surface area (Å²) in [4.78, 5) is 33.1.